The van der Waals surface area contributed by atoms with Crippen LogP contribution in [0, 0.1) is 6.92 Å². The molecule has 7 heteroatoms. The largest absolute Gasteiger partial charge is 0.292 e. The van der Waals surface area contributed by atoms with E-state index in [0.29, 0.717) is 21.6 Å². The third-order valence-corrected chi connectivity index (χ3v) is 5.99. The van der Waals surface area contributed by atoms with Crippen LogP contribution in [0.5, 0.6) is 0 Å². The Balaban J connectivity index is 1.58. The van der Waals surface area contributed by atoms with Gasteiger partial charge in [-0.05, 0) is 30.7 Å². The first kappa shape index (κ1) is 17.5. The van der Waals surface area contributed by atoms with Crippen LogP contribution in [-0.2, 0) is 6.54 Å². The number of benzene rings is 1. The number of hydrogen-bond donors (Lipinski definition) is 0. The van der Waals surface area contributed by atoms with E-state index in [1.165, 1.54) is 28.3 Å². The van der Waals surface area contributed by atoms with Crippen LogP contribution in [0.2, 0.25) is 0 Å². The Kier molecular flexibility index (Phi) is 4.10. The molecule has 0 aliphatic heterocycles. The van der Waals surface area contributed by atoms with Crippen LogP contribution in [0.3, 0.4) is 0 Å². The summed E-state index contributed by atoms with van der Waals surface area (Å²) in [6.45, 7) is 2.05. The number of thiophene rings is 1. The predicted molar refractivity (Wildman–Crippen MR) is 115 cm³/mol. The quantitative estimate of drug-likeness (QED) is 0.465. The van der Waals surface area contributed by atoms with E-state index < -0.39 is 0 Å². The Hall–Kier alpha value is -3.58. The second-order valence-corrected chi connectivity index (χ2v) is 7.87. The number of nitrogens with zero attached hydrogens (tertiary/aromatic N) is 4. The first-order chi connectivity index (χ1) is 14.1. The van der Waals surface area contributed by atoms with Crippen molar-refractivity contribution in [1.82, 2.24) is 18.9 Å². The van der Waals surface area contributed by atoms with Crippen LogP contribution in [0.25, 0.3) is 26.3 Å². The van der Waals surface area contributed by atoms with E-state index in [-0.39, 0.29) is 17.7 Å². The maximum atomic E-state index is 13.0. The lowest BCUT2D eigenvalue weighted by Gasteiger charge is -2.08. The minimum Gasteiger partial charge on any atom is -0.292 e. The third kappa shape index (κ3) is 3.05. The molecule has 6 nitrogen and oxygen atoms in total. The van der Waals surface area contributed by atoms with Crippen molar-refractivity contribution < 1.29 is 0 Å². The van der Waals surface area contributed by atoms with Crippen LogP contribution < -0.4 is 11.1 Å². The fourth-order valence-corrected chi connectivity index (χ4v) is 4.49. The van der Waals surface area contributed by atoms with Gasteiger partial charge in [-0.25, -0.2) is 9.97 Å². The van der Waals surface area contributed by atoms with Gasteiger partial charge in [0, 0.05) is 16.6 Å². The Labute approximate surface area is 169 Å². The Morgan fingerprint density at radius 3 is 2.66 bits per heavy atom. The van der Waals surface area contributed by atoms with Crippen LogP contribution in [0.4, 0.5) is 0 Å². The van der Waals surface area contributed by atoms with Crippen molar-refractivity contribution in [2.75, 3.05) is 0 Å². The summed E-state index contributed by atoms with van der Waals surface area (Å²) >= 11 is 1.43. The van der Waals surface area contributed by atoms with Gasteiger partial charge in [0.15, 0.2) is 0 Å². The second-order valence-electron chi connectivity index (χ2n) is 6.82. The average Bonchev–Trinajstić information content (AvgIpc) is 3.16. The minimum absolute atomic E-state index is 0.131. The zero-order chi connectivity index (χ0) is 20.0. The maximum absolute atomic E-state index is 13.0. The fraction of sp³-hybridized carbons (Fsp3) is 0.0909. The summed E-state index contributed by atoms with van der Waals surface area (Å²) in [5.74, 6) is 0. The zero-order valence-electron chi connectivity index (χ0n) is 15.6. The molecule has 0 N–H and O–H groups in total. The molecule has 5 rings (SSSR count). The van der Waals surface area contributed by atoms with Gasteiger partial charge in [0.25, 0.3) is 11.1 Å². The van der Waals surface area contributed by atoms with Crippen molar-refractivity contribution in [3.63, 3.8) is 0 Å². The zero-order valence-corrected chi connectivity index (χ0v) is 16.4. The first-order valence-electron chi connectivity index (χ1n) is 9.13. The lowest BCUT2D eigenvalue weighted by atomic mass is 10.2. The molecule has 4 aromatic heterocycles. The molecule has 0 aliphatic carbocycles. The fourth-order valence-electron chi connectivity index (χ4n) is 3.42. The van der Waals surface area contributed by atoms with Crippen LogP contribution in [0.1, 0.15) is 11.4 Å². The Bertz CT molecular complexity index is 1480. The monoisotopic (exact) mass is 400 g/mol. The normalized spacial score (nSPS) is 11.3. The highest BCUT2D eigenvalue weighted by Crippen LogP contribution is 2.30. The Morgan fingerprint density at radius 2 is 1.83 bits per heavy atom. The molecule has 0 fully saturated rings. The van der Waals surface area contributed by atoms with Crippen LogP contribution >= 0.6 is 11.3 Å². The average molecular weight is 400 g/mol. The van der Waals surface area contributed by atoms with Gasteiger partial charge < -0.3 is 0 Å². The van der Waals surface area contributed by atoms with Crippen molar-refractivity contribution in [3.8, 4) is 10.4 Å². The van der Waals surface area contributed by atoms with Crippen LogP contribution in [-0.4, -0.2) is 18.9 Å². The molecule has 142 valence electrons. The molecule has 0 saturated carbocycles. The standard InChI is InChI=1S/C22H16N4O2S/c1-14-6-5-9-19-24-16(10-20(27)26(14)19)12-25-13-23-17-11-18(29-21(17)22(25)28)15-7-3-2-4-8-15/h2-11,13H,12H2,1H3. The first-order valence-corrected chi connectivity index (χ1v) is 9.94. The molecule has 0 amide bonds. The lowest BCUT2D eigenvalue weighted by Crippen LogP contribution is -2.23. The molecule has 0 radical (unpaired) electrons. The highest BCUT2D eigenvalue weighted by atomic mass is 32.1. The summed E-state index contributed by atoms with van der Waals surface area (Å²) < 4.78 is 3.65. The van der Waals surface area contributed by atoms with E-state index in [9.17, 15) is 9.59 Å². The maximum Gasteiger partial charge on any atom is 0.271 e. The lowest BCUT2D eigenvalue weighted by molar-refractivity contribution is 0.727. The van der Waals surface area contributed by atoms with E-state index in [1.54, 1.807) is 10.5 Å². The van der Waals surface area contributed by atoms with Gasteiger partial charge in [0.1, 0.15) is 10.3 Å². The molecular weight excluding hydrogens is 384 g/mol. The summed E-state index contributed by atoms with van der Waals surface area (Å²) in [4.78, 5) is 35.5. The van der Waals surface area contributed by atoms with E-state index >= 15 is 0 Å². The third-order valence-electron chi connectivity index (χ3n) is 4.83. The van der Waals surface area contributed by atoms with Gasteiger partial charge in [0.2, 0.25) is 0 Å². The van der Waals surface area contributed by atoms with Gasteiger partial charge in [-0.2, -0.15) is 0 Å². The van der Waals surface area contributed by atoms with E-state index in [1.807, 2.05) is 55.5 Å². The van der Waals surface area contributed by atoms with Crippen molar-refractivity contribution in [2.45, 2.75) is 13.5 Å². The van der Waals surface area contributed by atoms with E-state index in [2.05, 4.69) is 9.97 Å². The van der Waals surface area contributed by atoms with E-state index in [4.69, 9.17) is 0 Å². The second kappa shape index (κ2) is 6.79. The van der Waals surface area contributed by atoms with Crippen molar-refractivity contribution >= 4 is 27.2 Å². The molecule has 0 aliphatic rings. The van der Waals surface area contributed by atoms with Gasteiger partial charge in [-0.3, -0.25) is 18.6 Å². The summed E-state index contributed by atoms with van der Waals surface area (Å²) in [7, 11) is 0. The summed E-state index contributed by atoms with van der Waals surface area (Å²) in [6, 6.07) is 18.8. The minimum atomic E-state index is -0.160. The van der Waals surface area contributed by atoms with Gasteiger partial charge in [-0.1, -0.05) is 36.4 Å². The highest BCUT2D eigenvalue weighted by Gasteiger charge is 2.12. The molecule has 4 heterocycles. The number of fused-ring (bicyclic) bond motifs is 2. The van der Waals surface area contributed by atoms with Crippen molar-refractivity contribution in [3.05, 3.63) is 99.1 Å². The molecule has 0 spiro atoms. The number of rotatable bonds is 3. The predicted octanol–water partition coefficient (Wildman–Crippen LogP) is 3.49. The topological polar surface area (TPSA) is 69.3 Å². The SMILES string of the molecule is Cc1cccc2nc(Cn3cnc4cc(-c5ccccc5)sc4c3=O)cc(=O)n12. The van der Waals surface area contributed by atoms with Gasteiger partial charge >= 0.3 is 0 Å². The summed E-state index contributed by atoms with van der Waals surface area (Å²) in [6.07, 6.45) is 1.52. The number of aryl methyl sites for hydroxylation is 1. The van der Waals surface area contributed by atoms with E-state index in [0.717, 1.165) is 16.1 Å². The molecule has 0 atom stereocenters. The smallest absolute Gasteiger partial charge is 0.271 e. The van der Waals surface area contributed by atoms with Crippen LogP contribution in [0.15, 0.2) is 76.6 Å². The van der Waals surface area contributed by atoms with Crippen molar-refractivity contribution in [2.24, 2.45) is 0 Å². The molecule has 1 aromatic carbocycles. The van der Waals surface area contributed by atoms with Gasteiger partial charge in [0.05, 0.1) is 24.1 Å². The molecule has 0 saturated heterocycles. The highest BCUT2D eigenvalue weighted by molar-refractivity contribution is 7.22. The molecule has 29 heavy (non-hydrogen) atoms. The number of aromatic nitrogens is 4. The molecule has 0 unspecified atom stereocenters. The number of hydrogen-bond acceptors (Lipinski definition) is 5. The van der Waals surface area contributed by atoms with Crippen molar-refractivity contribution in [1.29, 1.82) is 0 Å². The van der Waals surface area contributed by atoms with Gasteiger partial charge in [-0.15, -0.1) is 11.3 Å². The number of pyridine rings is 1. The summed E-state index contributed by atoms with van der Waals surface area (Å²) in [5.41, 5.74) is 3.36. The molecular formula is C22H16N4O2S. The molecule has 5 aromatic rings. The summed E-state index contributed by atoms with van der Waals surface area (Å²) in [5, 5.41) is 0. The Morgan fingerprint density at radius 1 is 1.00 bits per heavy atom. The molecule has 0 bridgehead atoms.